The summed E-state index contributed by atoms with van der Waals surface area (Å²) in [6.45, 7) is 3.67. The number of aryl methyl sites for hydroxylation is 1. The van der Waals surface area contributed by atoms with Gasteiger partial charge in [0.2, 0.25) is 0 Å². The van der Waals surface area contributed by atoms with Crippen molar-refractivity contribution in [2.24, 2.45) is 0 Å². The zero-order chi connectivity index (χ0) is 14.9. The summed E-state index contributed by atoms with van der Waals surface area (Å²) in [5.74, 6) is 0.754. The zero-order valence-electron chi connectivity index (χ0n) is 12.6. The monoisotopic (exact) mass is 288 g/mol. The van der Waals surface area contributed by atoms with Crippen LogP contribution in [0.5, 0.6) is 0 Å². The highest BCUT2D eigenvalue weighted by Crippen LogP contribution is 2.32. The molecule has 3 nitrogen and oxygen atoms in total. The molecule has 1 aromatic carbocycles. The first-order chi connectivity index (χ1) is 10.3. The molecule has 21 heavy (non-hydrogen) atoms. The van der Waals surface area contributed by atoms with Crippen molar-refractivity contribution in [1.29, 1.82) is 0 Å². The minimum absolute atomic E-state index is 0.372. The van der Waals surface area contributed by atoms with Crippen molar-refractivity contribution in [3.8, 4) is 0 Å². The van der Waals surface area contributed by atoms with Crippen LogP contribution in [0, 0.1) is 0 Å². The Bertz CT molecular complexity index is 444. The average Bonchev–Trinajstić information content (AvgIpc) is 2.53. The standard InChI is InChI=1S/C18H24O3/c1-2-20-18(19)21-14-6-7-15-10-12-17(13-11-15)16-8-4-3-5-9-16/h2,10-13,16H,1,3-9,14H2. The molecule has 0 bridgehead atoms. The fourth-order valence-electron chi connectivity index (χ4n) is 2.93. The maximum absolute atomic E-state index is 11.0. The van der Waals surface area contributed by atoms with Crippen LogP contribution in [0.4, 0.5) is 4.79 Å². The lowest BCUT2D eigenvalue weighted by atomic mass is 9.84. The summed E-state index contributed by atoms with van der Waals surface area (Å²) in [6, 6.07) is 8.92. The molecule has 0 heterocycles. The van der Waals surface area contributed by atoms with Crippen LogP contribution >= 0.6 is 0 Å². The summed E-state index contributed by atoms with van der Waals surface area (Å²) in [5.41, 5.74) is 2.76. The molecule has 0 aromatic heterocycles. The van der Waals surface area contributed by atoms with Gasteiger partial charge in [0.15, 0.2) is 0 Å². The Morgan fingerprint density at radius 1 is 1.19 bits per heavy atom. The van der Waals surface area contributed by atoms with Gasteiger partial charge in [0.05, 0.1) is 12.9 Å². The number of hydrogen-bond donors (Lipinski definition) is 0. The first kappa shape index (κ1) is 15.6. The van der Waals surface area contributed by atoms with Gasteiger partial charge in [0.1, 0.15) is 0 Å². The van der Waals surface area contributed by atoms with Crippen molar-refractivity contribution < 1.29 is 14.3 Å². The van der Waals surface area contributed by atoms with E-state index in [0.717, 1.165) is 25.0 Å². The quantitative estimate of drug-likeness (QED) is 0.421. The first-order valence-electron chi connectivity index (χ1n) is 7.83. The fraction of sp³-hybridized carbons (Fsp3) is 0.500. The van der Waals surface area contributed by atoms with Crippen molar-refractivity contribution in [2.45, 2.75) is 50.9 Å². The summed E-state index contributed by atoms with van der Waals surface area (Å²) in [4.78, 5) is 11.0. The molecule has 0 aliphatic heterocycles. The number of carbonyl (C=O) groups excluding carboxylic acids is 1. The second-order valence-electron chi connectivity index (χ2n) is 5.56. The number of rotatable bonds is 6. The van der Waals surface area contributed by atoms with E-state index in [2.05, 4.69) is 35.6 Å². The predicted molar refractivity (Wildman–Crippen MR) is 83.2 cm³/mol. The molecule has 0 spiro atoms. The number of carbonyl (C=O) groups is 1. The summed E-state index contributed by atoms with van der Waals surface area (Å²) in [7, 11) is 0. The normalized spacial score (nSPS) is 15.4. The molecule has 0 N–H and O–H groups in total. The maximum Gasteiger partial charge on any atom is 0.513 e. The third-order valence-corrected chi connectivity index (χ3v) is 4.07. The van der Waals surface area contributed by atoms with E-state index in [1.165, 1.54) is 43.2 Å². The highest BCUT2D eigenvalue weighted by molar-refractivity contribution is 5.60. The minimum Gasteiger partial charge on any atom is -0.434 e. The van der Waals surface area contributed by atoms with Gasteiger partial charge in [-0.05, 0) is 42.7 Å². The van der Waals surface area contributed by atoms with E-state index in [4.69, 9.17) is 4.74 Å². The van der Waals surface area contributed by atoms with E-state index in [1.54, 1.807) is 0 Å². The Morgan fingerprint density at radius 3 is 2.57 bits per heavy atom. The lowest BCUT2D eigenvalue weighted by molar-refractivity contribution is 0.0840. The Hall–Kier alpha value is -1.77. The van der Waals surface area contributed by atoms with Crippen molar-refractivity contribution in [3.05, 3.63) is 48.2 Å². The minimum atomic E-state index is -0.683. The van der Waals surface area contributed by atoms with Gasteiger partial charge >= 0.3 is 6.16 Å². The molecule has 3 heteroatoms. The maximum atomic E-state index is 11.0. The van der Waals surface area contributed by atoms with Crippen molar-refractivity contribution >= 4 is 6.16 Å². The van der Waals surface area contributed by atoms with Gasteiger partial charge in [-0.2, -0.15) is 0 Å². The molecule has 2 rings (SSSR count). The Balaban J connectivity index is 1.72. The van der Waals surface area contributed by atoms with Crippen molar-refractivity contribution in [2.75, 3.05) is 6.61 Å². The Labute approximate surface area is 127 Å². The summed E-state index contributed by atoms with van der Waals surface area (Å²) in [5, 5.41) is 0. The van der Waals surface area contributed by atoms with Crippen LogP contribution in [0.3, 0.4) is 0 Å². The molecule has 0 radical (unpaired) electrons. The third-order valence-electron chi connectivity index (χ3n) is 4.07. The second-order valence-corrected chi connectivity index (χ2v) is 5.56. The molecule has 114 valence electrons. The molecule has 0 amide bonds. The molecule has 0 saturated heterocycles. The van der Waals surface area contributed by atoms with Gasteiger partial charge in [0, 0.05) is 0 Å². The lowest BCUT2D eigenvalue weighted by Crippen LogP contribution is -2.06. The molecule has 1 saturated carbocycles. The molecule has 1 fully saturated rings. The summed E-state index contributed by atoms with van der Waals surface area (Å²) < 4.78 is 9.37. The fourth-order valence-corrected chi connectivity index (χ4v) is 2.93. The van der Waals surface area contributed by atoms with E-state index in [9.17, 15) is 4.79 Å². The smallest absolute Gasteiger partial charge is 0.434 e. The second kappa shape index (κ2) is 8.50. The van der Waals surface area contributed by atoms with Crippen molar-refractivity contribution in [1.82, 2.24) is 0 Å². The van der Waals surface area contributed by atoms with E-state index in [1.807, 2.05) is 0 Å². The van der Waals surface area contributed by atoms with E-state index >= 15 is 0 Å². The average molecular weight is 288 g/mol. The number of benzene rings is 1. The van der Waals surface area contributed by atoms with Crippen LogP contribution in [0.1, 0.15) is 55.6 Å². The molecular formula is C18H24O3. The highest BCUT2D eigenvalue weighted by atomic mass is 16.7. The van der Waals surface area contributed by atoms with Gasteiger partial charge in [-0.25, -0.2) is 4.79 Å². The van der Waals surface area contributed by atoms with Gasteiger partial charge in [0.25, 0.3) is 0 Å². The molecular weight excluding hydrogens is 264 g/mol. The third kappa shape index (κ3) is 5.25. The zero-order valence-corrected chi connectivity index (χ0v) is 12.6. The largest absolute Gasteiger partial charge is 0.513 e. The van der Waals surface area contributed by atoms with Gasteiger partial charge in [-0.15, -0.1) is 0 Å². The lowest BCUT2D eigenvalue weighted by Gasteiger charge is -2.22. The Morgan fingerprint density at radius 2 is 1.90 bits per heavy atom. The van der Waals surface area contributed by atoms with Crippen LogP contribution < -0.4 is 0 Å². The Kier molecular flexibility index (Phi) is 6.32. The highest BCUT2D eigenvalue weighted by Gasteiger charge is 2.14. The molecule has 1 aliphatic rings. The SMILES string of the molecule is C=COC(=O)OCCCc1ccc(C2CCCCC2)cc1. The van der Waals surface area contributed by atoms with Crippen LogP contribution in [0.25, 0.3) is 0 Å². The number of ether oxygens (including phenoxy) is 2. The number of hydrogen-bond acceptors (Lipinski definition) is 3. The van der Waals surface area contributed by atoms with Crippen molar-refractivity contribution in [3.63, 3.8) is 0 Å². The van der Waals surface area contributed by atoms with Crippen LogP contribution in [0.15, 0.2) is 37.1 Å². The topological polar surface area (TPSA) is 35.5 Å². The van der Waals surface area contributed by atoms with Crippen LogP contribution in [-0.2, 0) is 15.9 Å². The first-order valence-corrected chi connectivity index (χ1v) is 7.83. The van der Waals surface area contributed by atoms with E-state index < -0.39 is 6.16 Å². The van der Waals surface area contributed by atoms with Gasteiger partial charge < -0.3 is 9.47 Å². The van der Waals surface area contributed by atoms with E-state index in [0.29, 0.717) is 6.61 Å². The van der Waals surface area contributed by atoms with Crippen LogP contribution in [-0.4, -0.2) is 12.8 Å². The summed E-state index contributed by atoms with van der Waals surface area (Å²) >= 11 is 0. The summed E-state index contributed by atoms with van der Waals surface area (Å²) in [6.07, 6.45) is 8.89. The molecule has 0 atom stereocenters. The van der Waals surface area contributed by atoms with Gasteiger partial charge in [-0.1, -0.05) is 50.1 Å². The molecule has 0 unspecified atom stereocenters. The molecule has 1 aromatic rings. The van der Waals surface area contributed by atoms with E-state index in [-0.39, 0.29) is 0 Å². The van der Waals surface area contributed by atoms with Crippen LogP contribution in [0.2, 0.25) is 0 Å². The van der Waals surface area contributed by atoms with Gasteiger partial charge in [-0.3, -0.25) is 0 Å². The molecule has 1 aliphatic carbocycles. The predicted octanol–water partition coefficient (Wildman–Crippen LogP) is 4.96.